The molecule has 6 nitrogen and oxygen atoms in total. The Hall–Kier alpha value is -3.09. The molecule has 0 aliphatic carbocycles. The molecule has 27 heavy (non-hydrogen) atoms. The second-order valence-corrected chi connectivity index (χ2v) is 6.20. The topological polar surface area (TPSA) is 61.9 Å². The number of hydrogen-bond donors (Lipinski definition) is 1. The number of para-hydroxylation sites is 2. The van der Waals surface area contributed by atoms with Gasteiger partial charge in [0.25, 0.3) is 5.91 Å². The first-order valence-electron chi connectivity index (χ1n) is 8.78. The fraction of sp³-hybridized carbons (Fsp3) is 0.300. The number of nitrogens with one attached hydrogen (secondary N) is 1. The molecule has 2 amide bonds. The Bertz CT molecular complexity index is 820. The number of methoxy groups -OCH3 is 1. The summed E-state index contributed by atoms with van der Waals surface area (Å²) in [6, 6.07) is 13.5. The van der Waals surface area contributed by atoms with E-state index in [4.69, 9.17) is 4.74 Å². The highest BCUT2D eigenvalue weighted by Gasteiger charge is 2.23. The smallest absolute Gasteiger partial charge is 0.254 e. The number of ether oxygens (including phenoxy) is 1. The van der Waals surface area contributed by atoms with Gasteiger partial charge in [-0.1, -0.05) is 24.3 Å². The first kappa shape index (κ1) is 18.7. The summed E-state index contributed by atoms with van der Waals surface area (Å²) < 4.78 is 19.0. The molecule has 7 heteroatoms. The summed E-state index contributed by atoms with van der Waals surface area (Å²) in [6.07, 6.45) is 0. The third-order valence-corrected chi connectivity index (χ3v) is 4.58. The van der Waals surface area contributed by atoms with Crippen molar-refractivity contribution in [3.05, 3.63) is 59.9 Å². The van der Waals surface area contributed by atoms with Gasteiger partial charge in [-0.05, 0) is 24.3 Å². The molecular formula is C20H22FN3O3. The Morgan fingerprint density at radius 2 is 1.70 bits per heavy atom. The lowest BCUT2D eigenvalue weighted by Crippen LogP contribution is -2.51. The Kier molecular flexibility index (Phi) is 5.90. The number of piperazine rings is 1. The van der Waals surface area contributed by atoms with Gasteiger partial charge in [-0.25, -0.2) is 4.39 Å². The van der Waals surface area contributed by atoms with Crippen molar-refractivity contribution in [1.29, 1.82) is 0 Å². The predicted octanol–water partition coefficient (Wildman–Crippen LogP) is 1.91. The summed E-state index contributed by atoms with van der Waals surface area (Å²) in [5.41, 5.74) is 0.936. The number of amides is 2. The molecule has 0 spiro atoms. The van der Waals surface area contributed by atoms with Gasteiger partial charge in [0.15, 0.2) is 0 Å². The van der Waals surface area contributed by atoms with Gasteiger partial charge in [-0.2, -0.15) is 0 Å². The van der Waals surface area contributed by atoms with E-state index in [-0.39, 0.29) is 18.0 Å². The van der Waals surface area contributed by atoms with Crippen LogP contribution in [0.2, 0.25) is 0 Å². The number of rotatable bonds is 5. The summed E-state index contributed by atoms with van der Waals surface area (Å²) in [5.74, 6) is -0.573. The van der Waals surface area contributed by atoms with Gasteiger partial charge in [0.1, 0.15) is 11.6 Å². The lowest BCUT2D eigenvalue weighted by Gasteiger charge is -2.36. The number of halogens is 1. The molecule has 1 saturated heterocycles. The second kappa shape index (κ2) is 8.53. The summed E-state index contributed by atoms with van der Waals surface area (Å²) >= 11 is 0. The lowest BCUT2D eigenvalue weighted by atomic mass is 10.2. The molecule has 1 aliphatic rings. The largest absolute Gasteiger partial charge is 0.495 e. The third kappa shape index (κ3) is 4.36. The lowest BCUT2D eigenvalue weighted by molar-refractivity contribution is -0.130. The molecule has 142 valence electrons. The number of anilines is 1. The van der Waals surface area contributed by atoms with E-state index in [2.05, 4.69) is 10.2 Å². The van der Waals surface area contributed by atoms with Crippen LogP contribution in [0.4, 0.5) is 10.1 Å². The van der Waals surface area contributed by atoms with Crippen molar-refractivity contribution in [1.82, 2.24) is 10.2 Å². The summed E-state index contributed by atoms with van der Waals surface area (Å²) in [5, 5.41) is 2.49. The van der Waals surface area contributed by atoms with E-state index in [0.717, 1.165) is 11.4 Å². The second-order valence-electron chi connectivity index (χ2n) is 6.20. The van der Waals surface area contributed by atoms with Gasteiger partial charge in [0.05, 0.1) is 24.9 Å². The average molecular weight is 371 g/mol. The Morgan fingerprint density at radius 3 is 2.41 bits per heavy atom. The van der Waals surface area contributed by atoms with E-state index >= 15 is 0 Å². The number of benzene rings is 2. The summed E-state index contributed by atoms with van der Waals surface area (Å²) in [6.45, 7) is 2.29. The van der Waals surface area contributed by atoms with E-state index in [1.54, 1.807) is 18.1 Å². The van der Waals surface area contributed by atoms with Crippen LogP contribution in [0.5, 0.6) is 5.75 Å². The molecule has 0 bridgehead atoms. The maximum atomic E-state index is 13.6. The standard InChI is InChI=1S/C20H22FN3O3/c1-27-18-9-5-4-8-17(18)23-10-12-24(13-11-23)19(25)14-22-20(26)15-6-2-3-7-16(15)21/h2-9H,10-14H2,1H3,(H,22,26). The molecule has 0 radical (unpaired) electrons. The molecule has 3 rings (SSSR count). The van der Waals surface area contributed by atoms with Gasteiger partial charge >= 0.3 is 0 Å². The number of carbonyl (C=O) groups is 2. The Labute approximate surface area is 157 Å². The van der Waals surface area contributed by atoms with E-state index in [9.17, 15) is 14.0 Å². The first-order chi connectivity index (χ1) is 13.1. The molecule has 1 N–H and O–H groups in total. The molecule has 0 aromatic heterocycles. The molecular weight excluding hydrogens is 349 g/mol. The highest BCUT2D eigenvalue weighted by atomic mass is 19.1. The van der Waals surface area contributed by atoms with Crippen LogP contribution < -0.4 is 15.0 Å². The highest BCUT2D eigenvalue weighted by Crippen LogP contribution is 2.28. The summed E-state index contributed by atoms with van der Waals surface area (Å²) in [4.78, 5) is 28.2. The van der Waals surface area contributed by atoms with Crippen LogP contribution in [-0.2, 0) is 4.79 Å². The molecule has 0 saturated carbocycles. The van der Waals surface area contributed by atoms with Crippen LogP contribution in [-0.4, -0.2) is 56.5 Å². The predicted molar refractivity (Wildman–Crippen MR) is 101 cm³/mol. The third-order valence-electron chi connectivity index (χ3n) is 4.58. The van der Waals surface area contributed by atoms with Crippen LogP contribution in [0.25, 0.3) is 0 Å². The van der Waals surface area contributed by atoms with Gasteiger partial charge < -0.3 is 19.9 Å². The Morgan fingerprint density at radius 1 is 1.04 bits per heavy atom. The zero-order valence-electron chi connectivity index (χ0n) is 15.2. The van der Waals surface area contributed by atoms with Gasteiger partial charge in [-0.15, -0.1) is 0 Å². The summed E-state index contributed by atoms with van der Waals surface area (Å²) in [7, 11) is 1.64. The molecule has 0 atom stereocenters. The van der Waals surface area contributed by atoms with Crippen molar-refractivity contribution in [2.24, 2.45) is 0 Å². The van der Waals surface area contributed by atoms with Crippen molar-refractivity contribution in [3.63, 3.8) is 0 Å². The van der Waals surface area contributed by atoms with Crippen LogP contribution in [0, 0.1) is 5.82 Å². The monoisotopic (exact) mass is 371 g/mol. The quantitative estimate of drug-likeness (QED) is 0.872. The van der Waals surface area contributed by atoms with Crippen molar-refractivity contribution in [2.75, 3.05) is 44.7 Å². The van der Waals surface area contributed by atoms with Gasteiger partial charge in [0.2, 0.25) is 5.91 Å². The van der Waals surface area contributed by atoms with Crippen LogP contribution in [0.15, 0.2) is 48.5 Å². The molecule has 1 fully saturated rings. The molecule has 2 aromatic rings. The zero-order chi connectivity index (χ0) is 19.2. The van der Waals surface area contributed by atoms with Gasteiger partial charge in [0, 0.05) is 26.2 Å². The van der Waals surface area contributed by atoms with Crippen molar-refractivity contribution >= 4 is 17.5 Å². The average Bonchev–Trinajstić information content (AvgIpc) is 2.72. The number of carbonyl (C=O) groups excluding carboxylic acids is 2. The maximum absolute atomic E-state index is 13.6. The minimum absolute atomic E-state index is 0.0636. The molecule has 1 heterocycles. The van der Waals surface area contributed by atoms with Crippen molar-refractivity contribution in [3.8, 4) is 5.75 Å². The highest BCUT2D eigenvalue weighted by molar-refractivity contribution is 5.96. The fourth-order valence-corrected chi connectivity index (χ4v) is 3.10. The number of hydrogen-bond acceptors (Lipinski definition) is 4. The minimum atomic E-state index is -0.604. The SMILES string of the molecule is COc1ccccc1N1CCN(C(=O)CNC(=O)c2ccccc2F)CC1. The first-order valence-corrected chi connectivity index (χ1v) is 8.78. The maximum Gasteiger partial charge on any atom is 0.254 e. The number of nitrogens with zero attached hydrogens (tertiary/aromatic N) is 2. The fourth-order valence-electron chi connectivity index (χ4n) is 3.10. The Balaban J connectivity index is 1.51. The zero-order valence-corrected chi connectivity index (χ0v) is 15.2. The van der Waals surface area contributed by atoms with E-state index in [1.165, 1.54) is 18.2 Å². The van der Waals surface area contributed by atoms with E-state index < -0.39 is 11.7 Å². The minimum Gasteiger partial charge on any atom is -0.495 e. The van der Waals surface area contributed by atoms with Crippen molar-refractivity contribution < 1.29 is 18.7 Å². The van der Waals surface area contributed by atoms with Crippen molar-refractivity contribution in [2.45, 2.75) is 0 Å². The normalized spacial score (nSPS) is 14.0. The van der Waals surface area contributed by atoms with Crippen LogP contribution in [0.3, 0.4) is 0 Å². The van der Waals surface area contributed by atoms with E-state index in [0.29, 0.717) is 26.2 Å². The van der Waals surface area contributed by atoms with Crippen LogP contribution >= 0.6 is 0 Å². The van der Waals surface area contributed by atoms with E-state index in [1.807, 2.05) is 24.3 Å². The molecule has 2 aromatic carbocycles. The van der Waals surface area contributed by atoms with Crippen LogP contribution in [0.1, 0.15) is 10.4 Å². The van der Waals surface area contributed by atoms with Gasteiger partial charge in [-0.3, -0.25) is 9.59 Å². The molecule has 1 aliphatic heterocycles. The molecule has 0 unspecified atom stereocenters.